The number of halogens is 2. The van der Waals surface area contributed by atoms with Crippen LogP contribution >= 0.6 is 23.2 Å². The van der Waals surface area contributed by atoms with Gasteiger partial charge < -0.3 is 119 Å². The van der Waals surface area contributed by atoms with Crippen molar-refractivity contribution < 1.29 is 102 Å². The Morgan fingerprint density at radius 2 is 1.06 bits per heavy atom. The molecule has 0 aliphatic carbocycles. The van der Waals surface area contributed by atoms with Gasteiger partial charge in [-0.15, -0.1) is 0 Å². The molecule has 49 nitrogen and oxygen atoms in total. The van der Waals surface area contributed by atoms with E-state index >= 15 is 0 Å². The second-order valence-corrected chi connectivity index (χ2v) is 34.8. The van der Waals surface area contributed by atoms with Gasteiger partial charge in [-0.2, -0.15) is 10.2 Å². The van der Waals surface area contributed by atoms with E-state index in [1.165, 1.54) is 40.7 Å². The van der Waals surface area contributed by atoms with Crippen LogP contribution in [-0.2, 0) is 103 Å². The standard InChI is InChI=1S/C92H112Cl2N28O21/c1-8-121-65(36-47(3)113-121)86(138)111-91-109-56-38-49(78(95)132)40-67(142-7)76(56)119(91)31-10-11-32-120-77-57(110-92(120)112-87(139)66-37-48(4)114-122(66)9-2)39-50(79(96)133)41-68(77)143-35-17-28-99-82(134)58(42-71(126)127)107-85(137)60(44-73(130)131)108-83(135)55(22-14-27-100-90(97)98)106-84(136)59(43-72(128)129)101-69(123)23-15-29-117-33-25-63-61(45-117)102-80(115(63)5)88(140)104-53-20-12-18-51(74(53)93)52-19-13-21-54(75(52)94)105-89(141)81-103-62-46-118(30-16-24-70(124)125)34-26-64(62)116(81)6/h10-13,18-21,36-41,55,58-60,92,110H,8-9,14-17,22-35,42-46H2,1-7H3,(H2,95,132)(H2,96,133)(H,99,134)(H,101,123)(H,104,140)(H,105,141)(H,106,136)(H,107,137)(H,108,135)(H,112,139)(H,124,125)(H,126,127)(H,128,129)(H,130,131)(H4,97,98,100)(H,109,111,138)/b11-10+/t55-,58-,59-,60-,92?/m0/s1. The van der Waals surface area contributed by atoms with E-state index < -0.39 is 145 Å². The molecule has 5 aromatic heterocycles. The number of aryl methyl sites for hydroxylation is 4. The number of hydrogen-bond acceptors (Lipinski definition) is 27. The molecule has 760 valence electrons. The van der Waals surface area contributed by atoms with Crippen molar-refractivity contribution in [2.24, 2.45) is 31.3 Å². The van der Waals surface area contributed by atoms with Crippen LogP contribution in [0.25, 0.3) is 22.2 Å². The van der Waals surface area contributed by atoms with Crippen LogP contribution in [0.3, 0.4) is 0 Å². The second-order valence-electron chi connectivity index (χ2n) is 34.0. The third-order valence-corrected chi connectivity index (χ3v) is 24.6. The molecule has 0 fully saturated rings. The van der Waals surface area contributed by atoms with Gasteiger partial charge in [0.15, 0.2) is 23.9 Å². The van der Waals surface area contributed by atoms with Gasteiger partial charge in [-0.05, 0) is 121 Å². The Balaban J connectivity index is 0.657. The number of benzene rings is 4. The first-order valence-corrected chi connectivity index (χ1v) is 46.5. The number of fused-ring (bicyclic) bond motifs is 4. The number of nitrogens with one attached hydrogen (secondary N) is 12. The molecule has 11 amide bonds. The SMILES string of the molecule is CCn1nc(C)cc1C(=O)Nc1nc2cc(C(N)=O)cc(OC)c2n1C/C=C/CN1c2c(cc(C(N)=O)cc2OCCCNC(=O)[C@H](CC(=O)O)NC(=O)[C@H](CC(=O)O)NC(=O)[C@H](CCCNC(=N)N)NC(=O)[C@H](CC(=O)O)NC(=O)CCCN2CCc3c(nc(C(=O)Nc4cccc(-c5cccc(NC(=O)c6nc7c(n6C)CCN(CCCC(=O)O)C7)c5Cl)c4Cl)n3C)C2)NC1NC(=O)c1cc(C)nn1CC. The molecule has 1 unspecified atom stereocenters. The summed E-state index contributed by atoms with van der Waals surface area (Å²) in [5.41, 5.74) is 24.1. The fourth-order valence-corrected chi connectivity index (χ4v) is 17.5. The Morgan fingerprint density at radius 3 is 1.59 bits per heavy atom. The molecular weight excluding hydrogens is 1900 g/mol. The number of imidazole rings is 3. The molecule has 0 saturated heterocycles. The number of aliphatic carboxylic acids is 4. The quantitative estimate of drug-likeness (QED) is 0.0113. The summed E-state index contributed by atoms with van der Waals surface area (Å²) in [6, 6.07) is 11.2. The third kappa shape index (κ3) is 26.6. The number of carbonyl (C=O) groups excluding carboxylic acids is 11. The molecular formula is C92H112Cl2N28O21. The van der Waals surface area contributed by atoms with Crippen molar-refractivity contribution in [3.8, 4) is 22.6 Å². The van der Waals surface area contributed by atoms with E-state index in [9.17, 15) is 87.2 Å². The van der Waals surface area contributed by atoms with Crippen LogP contribution in [0.1, 0.15) is 175 Å². The number of ether oxygens (including phenoxy) is 2. The zero-order chi connectivity index (χ0) is 103. The summed E-state index contributed by atoms with van der Waals surface area (Å²) in [5.74, 6) is -15.3. The van der Waals surface area contributed by atoms with E-state index in [2.05, 4.69) is 83.5 Å². The maximum Gasteiger partial charge on any atom is 0.305 e. The van der Waals surface area contributed by atoms with Crippen LogP contribution in [0.5, 0.6) is 11.5 Å². The lowest BCUT2D eigenvalue weighted by atomic mass is 10.0. The largest absolute Gasteiger partial charge is 0.494 e. The number of amides is 11. The molecule has 0 radical (unpaired) electrons. The maximum atomic E-state index is 14.4. The van der Waals surface area contributed by atoms with E-state index in [0.717, 1.165) is 17.1 Å². The van der Waals surface area contributed by atoms with Crippen LogP contribution in [0, 0.1) is 19.3 Å². The first-order chi connectivity index (χ1) is 68.2. The molecule has 3 aliphatic heterocycles. The molecule has 0 saturated carbocycles. The minimum Gasteiger partial charge on any atom is -0.494 e. The zero-order valence-electron chi connectivity index (χ0n) is 79.2. The minimum absolute atomic E-state index is 0.00581. The Bertz CT molecular complexity index is 6480. The van der Waals surface area contributed by atoms with Gasteiger partial charge in [0.1, 0.15) is 58.3 Å². The molecule has 9 aromatic rings. The van der Waals surface area contributed by atoms with Gasteiger partial charge in [-0.1, -0.05) is 59.6 Å². The summed E-state index contributed by atoms with van der Waals surface area (Å²) in [6.07, 6.45) is 0.0203. The fourth-order valence-electron chi connectivity index (χ4n) is 16.9. The Hall–Kier alpha value is -16.1. The predicted molar refractivity (Wildman–Crippen MR) is 519 cm³/mol. The van der Waals surface area contributed by atoms with Crippen LogP contribution in [0.2, 0.25) is 10.0 Å². The van der Waals surface area contributed by atoms with E-state index in [0.29, 0.717) is 97.9 Å². The third-order valence-electron chi connectivity index (χ3n) is 23.8. The minimum atomic E-state index is -2.10. The highest BCUT2D eigenvalue weighted by molar-refractivity contribution is 6.40. The molecule has 12 rings (SSSR count). The van der Waals surface area contributed by atoms with Crippen molar-refractivity contribution in [2.45, 2.75) is 168 Å². The van der Waals surface area contributed by atoms with Crippen molar-refractivity contribution in [1.82, 2.24) is 95.2 Å². The van der Waals surface area contributed by atoms with Crippen molar-refractivity contribution in [3.63, 3.8) is 0 Å². The number of aromatic nitrogens is 10. The fraction of sp³-hybridized carbons (Fsp3) is 0.402. The number of nitrogens with zero attached hydrogens (tertiary/aromatic N) is 13. The van der Waals surface area contributed by atoms with Gasteiger partial charge in [0.2, 0.25) is 47.3 Å². The number of nitrogens with two attached hydrogens (primary N) is 3. The van der Waals surface area contributed by atoms with Crippen LogP contribution in [0.4, 0.5) is 28.7 Å². The molecule has 8 heterocycles. The Kier molecular flexibility index (Phi) is 35.3. The summed E-state index contributed by atoms with van der Waals surface area (Å²) in [4.78, 5) is 220. The van der Waals surface area contributed by atoms with Crippen molar-refractivity contribution >= 4 is 158 Å². The topological polar surface area (TPSA) is 688 Å². The first-order valence-electron chi connectivity index (χ1n) is 45.7. The number of carboxylic acids is 4. The molecule has 0 bridgehead atoms. The predicted octanol–water partition coefficient (Wildman–Crippen LogP) is 3.27. The lowest BCUT2D eigenvalue weighted by Crippen LogP contribution is -2.59. The summed E-state index contributed by atoms with van der Waals surface area (Å²) in [5, 5.41) is 85.0. The van der Waals surface area contributed by atoms with Crippen molar-refractivity contribution in [3.05, 3.63) is 163 Å². The van der Waals surface area contributed by atoms with E-state index in [4.69, 9.17) is 65.4 Å². The Morgan fingerprint density at radius 1 is 0.566 bits per heavy atom. The number of methoxy groups -OCH3 is 1. The number of hydrogen-bond donors (Lipinski definition) is 19. The summed E-state index contributed by atoms with van der Waals surface area (Å²) < 4.78 is 20.1. The number of carboxylic acid groups (broad SMARTS) is 4. The number of anilines is 5. The van der Waals surface area contributed by atoms with E-state index in [1.807, 2.05) is 11.8 Å². The van der Waals surface area contributed by atoms with Gasteiger partial charge in [-0.25, -0.2) is 15.0 Å². The highest BCUT2D eigenvalue weighted by Crippen LogP contribution is 2.45. The van der Waals surface area contributed by atoms with Gasteiger partial charge in [0.05, 0.1) is 88.4 Å². The average Bonchev–Trinajstić information content (AvgIpc) is 1.63. The smallest absolute Gasteiger partial charge is 0.305 e. The second kappa shape index (κ2) is 47.7. The van der Waals surface area contributed by atoms with Gasteiger partial charge in [0, 0.05) is 139 Å². The lowest BCUT2D eigenvalue weighted by molar-refractivity contribution is -0.143. The molecule has 51 heteroatoms. The summed E-state index contributed by atoms with van der Waals surface area (Å²) in [7, 11) is 4.83. The molecule has 0 spiro atoms. The molecule has 3 aliphatic rings. The number of rotatable bonds is 49. The normalized spacial score (nSPS) is 14.1. The average molecular weight is 2020 g/mol. The van der Waals surface area contributed by atoms with E-state index in [-0.39, 0.29) is 169 Å². The van der Waals surface area contributed by atoms with Gasteiger partial charge in [-0.3, -0.25) is 102 Å². The summed E-state index contributed by atoms with van der Waals surface area (Å²) in [6.45, 7) is 9.77. The highest BCUT2D eigenvalue weighted by Gasteiger charge is 2.39. The van der Waals surface area contributed by atoms with Crippen LogP contribution in [-0.4, -0.2) is 263 Å². The number of guanidine groups is 1. The summed E-state index contributed by atoms with van der Waals surface area (Å²) >= 11 is 14.1. The molecule has 143 heavy (non-hydrogen) atoms. The van der Waals surface area contributed by atoms with Crippen LogP contribution < -0.4 is 90.1 Å². The highest BCUT2D eigenvalue weighted by atomic mass is 35.5. The van der Waals surface area contributed by atoms with Gasteiger partial charge in [0.25, 0.3) is 23.6 Å². The molecule has 5 atom stereocenters. The van der Waals surface area contributed by atoms with Crippen molar-refractivity contribution in [1.29, 1.82) is 5.41 Å². The Labute approximate surface area is 826 Å². The van der Waals surface area contributed by atoms with Crippen LogP contribution in [0.15, 0.2) is 84.9 Å². The monoisotopic (exact) mass is 2010 g/mol. The first kappa shape index (κ1) is 106. The van der Waals surface area contributed by atoms with E-state index in [1.54, 1.807) is 114 Å². The number of primary amides is 2. The van der Waals surface area contributed by atoms with Crippen molar-refractivity contribution in [2.75, 3.05) is 85.7 Å². The molecule has 4 aromatic carbocycles. The lowest BCUT2D eigenvalue weighted by Gasteiger charge is -2.27. The number of carbonyl (C=O) groups is 15. The zero-order valence-corrected chi connectivity index (χ0v) is 80.7. The maximum absolute atomic E-state index is 14.4. The van der Waals surface area contributed by atoms with Gasteiger partial charge >= 0.3 is 23.9 Å². The molecule has 22 N–H and O–H groups in total. The number of allylic oxidation sites excluding steroid dienone is 1.